The summed E-state index contributed by atoms with van der Waals surface area (Å²) >= 11 is 1.44. The van der Waals surface area contributed by atoms with Gasteiger partial charge in [0.25, 0.3) is 0 Å². The number of thiazole rings is 1. The van der Waals surface area contributed by atoms with Gasteiger partial charge in [-0.25, -0.2) is 9.78 Å². The van der Waals surface area contributed by atoms with Crippen LogP contribution in [0.2, 0.25) is 0 Å². The standard InChI is InChI=1S/C11H16N2O2S/c1-7(2)15-10(14)13-9-12-6-8(16-9)11(3,4)5/h6H,1H2,2-5H3,(H,12,13,14). The van der Waals surface area contributed by atoms with Gasteiger partial charge in [0, 0.05) is 11.1 Å². The molecule has 0 fully saturated rings. The number of allylic oxidation sites excluding steroid dienone is 1. The maximum Gasteiger partial charge on any atom is 0.418 e. The second-order valence-corrected chi connectivity index (χ2v) is 5.53. The second kappa shape index (κ2) is 4.65. The molecule has 1 aromatic rings. The molecule has 5 heteroatoms. The summed E-state index contributed by atoms with van der Waals surface area (Å²) in [5, 5.41) is 3.09. The number of carbonyl (C=O) groups excluding carboxylic acids is 1. The minimum atomic E-state index is -0.553. The molecule has 88 valence electrons. The van der Waals surface area contributed by atoms with E-state index < -0.39 is 6.09 Å². The van der Waals surface area contributed by atoms with Crippen LogP contribution in [0.25, 0.3) is 0 Å². The number of carbonyl (C=O) groups is 1. The third-order valence-electron chi connectivity index (χ3n) is 1.72. The molecule has 1 aromatic heterocycles. The molecule has 16 heavy (non-hydrogen) atoms. The minimum Gasteiger partial charge on any atom is -0.416 e. The number of rotatable bonds is 2. The van der Waals surface area contributed by atoms with Crippen molar-refractivity contribution in [2.75, 3.05) is 5.32 Å². The van der Waals surface area contributed by atoms with Gasteiger partial charge in [-0.2, -0.15) is 0 Å². The largest absolute Gasteiger partial charge is 0.418 e. The van der Waals surface area contributed by atoms with E-state index in [4.69, 9.17) is 4.74 Å². The van der Waals surface area contributed by atoms with Crippen molar-refractivity contribution in [1.82, 2.24) is 4.98 Å². The van der Waals surface area contributed by atoms with Gasteiger partial charge < -0.3 is 4.74 Å². The molecule has 0 spiro atoms. The molecule has 0 aromatic carbocycles. The normalized spacial score (nSPS) is 11.0. The zero-order valence-corrected chi connectivity index (χ0v) is 10.8. The molecular formula is C11H16N2O2S. The van der Waals surface area contributed by atoms with Gasteiger partial charge in [0.15, 0.2) is 5.13 Å². The Morgan fingerprint density at radius 2 is 2.19 bits per heavy atom. The Labute approximate surface area is 99.3 Å². The summed E-state index contributed by atoms with van der Waals surface area (Å²) < 4.78 is 4.77. The van der Waals surface area contributed by atoms with E-state index in [0.717, 1.165) is 4.88 Å². The monoisotopic (exact) mass is 240 g/mol. The first kappa shape index (κ1) is 12.7. The van der Waals surface area contributed by atoms with Gasteiger partial charge in [0.05, 0.1) is 5.76 Å². The smallest absolute Gasteiger partial charge is 0.416 e. The molecule has 0 saturated carbocycles. The molecule has 0 bridgehead atoms. The van der Waals surface area contributed by atoms with Crippen LogP contribution in [0.15, 0.2) is 18.5 Å². The first-order valence-electron chi connectivity index (χ1n) is 4.89. The van der Waals surface area contributed by atoms with Crippen molar-refractivity contribution in [3.05, 3.63) is 23.4 Å². The van der Waals surface area contributed by atoms with Gasteiger partial charge in [-0.1, -0.05) is 27.4 Å². The van der Waals surface area contributed by atoms with Gasteiger partial charge in [-0.05, 0) is 12.3 Å². The first-order valence-corrected chi connectivity index (χ1v) is 5.71. The summed E-state index contributed by atoms with van der Waals surface area (Å²) in [5.41, 5.74) is 0.0376. The molecule has 0 unspecified atom stereocenters. The SMILES string of the molecule is C=C(C)OC(=O)Nc1ncc(C(C)(C)C)s1. The van der Waals surface area contributed by atoms with Crippen LogP contribution < -0.4 is 5.32 Å². The third-order valence-corrected chi connectivity index (χ3v) is 3.06. The van der Waals surface area contributed by atoms with Crippen molar-refractivity contribution in [1.29, 1.82) is 0 Å². The number of nitrogens with one attached hydrogen (secondary N) is 1. The summed E-state index contributed by atoms with van der Waals surface area (Å²) in [6.45, 7) is 11.4. The van der Waals surface area contributed by atoms with Crippen molar-refractivity contribution in [2.45, 2.75) is 33.1 Å². The Morgan fingerprint density at radius 1 is 1.56 bits per heavy atom. The molecule has 0 aliphatic carbocycles. The quantitative estimate of drug-likeness (QED) is 0.805. The van der Waals surface area contributed by atoms with Crippen LogP contribution >= 0.6 is 11.3 Å². The predicted octanol–water partition coefficient (Wildman–Crippen LogP) is 3.52. The fourth-order valence-corrected chi connectivity index (χ4v) is 1.81. The highest BCUT2D eigenvalue weighted by Crippen LogP contribution is 2.30. The van der Waals surface area contributed by atoms with Gasteiger partial charge in [0.1, 0.15) is 0 Å². The average molecular weight is 240 g/mol. The number of ether oxygens (including phenoxy) is 1. The van der Waals surface area contributed by atoms with Crippen LogP contribution in [-0.2, 0) is 10.2 Å². The second-order valence-electron chi connectivity index (χ2n) is 4.50. The van der Waals surface area contributed by atoms with Crippen molar-refractivity contribution in [3.8, 4) is 0 Å². The first-order chi connectivity index (χ1) is 7.29. The van der Waals surface area contributed by atoms with Crippen molar-refractivity contribution in [3.63, 3.8) is 0 Å². The number of aromatic nitrogens is 1. The molecule has 1 heterocycles. The minimum absolute atomic E-state index is 0.0376. The number of hydrogen-bond donors (Lipinski definition) is 1. The van der Waals surface area contributed by atoms with Crippen molar-refractivity contribution in [2.24, 2.45) is 0 Å². The summed E-state index contributed by atoms with van der Waals surface area (Å²) in [4.78, 5) is 16.5. The third kappa shape index (κ3) is 3.66. The van der Waals surface area contributed by atoms with E-state index in [1.165, 1.54) is 11.3 Å². The number of amides is 1. The predicted molar refractivity (Wildman–Crippen MR) is 65.7 cm³/mol. The summed E-state index contributed by atoms with van der Waals surface area (Å²) in [6, 6.07) is 0. The molecule has 0 radical (unpaired) electrons. The Balaban J connectivity index is 2.66. The van der Waals surface area contributed by atoms with Gasteiger partial charge >= 0.3 is 6.09 Å². The van der Waals surface area contributed by atoms with Crippen LogP contribution in [0.4, 0.5) is 9.93 Å². The van der Waals surface area contributed by atoms with Crippen LogP contribution in [0.5, 0.6) is 0 Å². The van der Waals surface area contributed by atoms with Crippen LogP contribution in [0, 0.1) is 0 Å². The van der Waals surface area contributed by atoms with Gasteiger partial charge in [-0.3, -0.25) is 5.32 Å². The fraction of sp³-hybridized carbons (Fsp3) is 0.455. The Kier molecular flexibility index (Phi) is 3.70. The zero-order chi connectivity index (χ0) is 12.3. The maximum atomic E-state index is 11.3. The van der Waals surface area contributed by atoms with Crippen LogP contribution in [0.1, 0.15) is 32.6 Å². The van der Waals surface area contributed by atoms with Crippen molar-refractivity contribution >= 4 is 22.6 Å². The molecule has 1 N–H and O–H groups in total. The summed E-state index contributed by atoms with van der Waals surface area (Å²) in [6.07, 6.45) is 1.21. The molecule has 1 amide bonds. The lowest BCUT2D eigenvalue weighted by atomic mass is 9.96. The van der Waals surface area contributed by atoms with E-state index >= 15 is 0 Å². The van der Waals surface area contributed by atoms with E-state index in [0.29, 0.717) is 10.9 Å². The number of nitrogens with zero attached hydrogens (tertiary/aromatic N) is 1. The van der Waals surface area contributed by atoms with Crippen LogP contribution in [0.3, 0.4) is 0 Å². The topological polar surface area (TPSA) is 51.2 Å². The molecule has 0 aliphatic rings. The highest BCUT2D eigenvalue weighted by molar-refractivity contribution is 7.15. The fourth-order valence-electron chi connectivity index (χ4n) is 0.950. The Bertz CT molecular complexity index is 404. The van der Waals surface area contributed by atoms with Gasteiger partial charge in [-0.15, -0.1) is 11.3 Å². The number of hydrogen-bond acceptors (Lipinski definition) is 4. The summed E-state index contributed by atoms with van der Waals surface area (Å²) in [5.74, 6) is 0.352. The lowest BCUT2D eigenvalue weighted by molar-refractivity contribution is 0.192. The molecule has 0 atom stereocenters. The van der Waals surface area contributed by atoms with Crippen molar-refractivity contribution < 1.29 is 9.53 Å². The van der Waals surface area contributed by atoms with E-state index in [9.17, 15) is 4.79 Å². The van der Waals surface area contributed by atoms with Gasteiger partial charge in [0.2, 0.25) is 0 Å². The number of anilines is 1. The van der Waals surface area contributed by atoms with E-state index in [-0.39, 0.29) is 5.41 Å². The molecule has 4 nitrogen and oxygen atoms in total. The average Bonchev–Trinajstić information content (AvgIpc) is 2.49. The Hall–Kier alpha value is -1.36. The van der Waals surface area contributed by atoms with Crippen LogP contribution in [-0.4, -0.2) is 11.1 Å². The highest BCUT2D eigenvalue weighted by Gasteiger charge is 2.18. The molecule has 0 saturated heterocycles. The molecule has 1 rings (SSSR count). The highest BCUT2D eigenvalue weighted by atomic mass is 32.1. The molecule has 0 aliphatic heterocycles. The molecular weight excluding hydrogens is 224 g/mol. The maximum absolute atomic E-state index is 11.3. The summed E-state index contributed by atoms with van der Waals surface area (Å²) in [7, 11) is 0. The Morgan fingerprint density at radius 3 is 2.62 bits per heavy atom. The van der Waals surface area contributed by atoms with E-state index in [1.807, 2.05) is 0 Å². The lowest BCUT2D eigenvalue weighted by Crippen LogP contribution is -2.12. The van der Waals surface area contributed by atoms with E-state index in [1.54, 1.807) is 13.1 Å². The van der Waals surface area contributed by atoms with E-state index in [2.05, 4.69) is 37.7 Å². The lowest BCUT2D eigenvalue weighted by Gasteiger charge is -2.14. The zero-order valence-electron chi connectivity index (χ0n) is 9.96.